The number of anilines is 2. The van der Waals surface area contributed by atoms with Crippen molar-refractivity contribution in [2.75, 3.05) is 11.5 Å². The molecule has 0 aliphatic heterocycles. The Labute approximate surface area is 114 Å². The number of nitrogens with two attached hydrogens (primary N) is 2. The second-order valence-corrected chi connectivity index (χ2v) is 5.31. The molecule has 104 valence electrons. The molecule has 1 aliphatic carbocycles. The van der Waals surface area contributed by atoms with Gasteiger partial charge >= 0.3 is 5.97 Å². The Morgan fingerprint density at radius 3 is 2.84 bits per heavy atom. The molecule has 2 atom stereocenters. The van der Waals surface area contributed by atoms with E-state index in [9.17, 15) is 4.79 Å². The van der Waals surface area contributed by atoms with Gasteiger partial charge in [-0.3, -0.25) is 0 Å². The molecular weight excluding hydrogens is 240 g/mol. The number of nitrogen functional groups attached to an aromatic ring is 2. The fourth-order valence-electron chi connectivity index (χ4n) is 2.70. The van der Waals surface area contributed by atoms with Gasteiger partial charge in [0.2, 0.25) is 0 Å². The van der Waals surface area contributed by atoms with Crippen LogP contribution in [0.4, 0.5) is 11.4 Å². The lowest BCUT2D eigenvalue weighted by Gasteiger charge is -2.28. The number of hydrogen-bond donors (Lipinski definition) is 2. The van der Waals surface area contributed by atoms with Crippen LogP contribution < -0.4 is 11.5 Å². The highest BCUT2D eigenvalue weighted by Gasteiger charge is 2.24. The van der Waals surface area contributed by atoms with E-state index < -0.39 is 0 Å². The zero-order valence-corrected chi connectivity index (χ0v) is 11.4. The molecule has 0 bridgehead atoms. The molecule has 0 saturated heterocycles. The highest BCUT2D eigenvalue weighted by atomic mass is 16.5. The maximum atomic E-state index is 12.1. The van der Waals surface area contributed by atoms with Gasteiger partial charge in [-0.2, -0.15) is 0 Å². The van der Waals surface area contributed by atoms with Crippen molar-refractivity contribution < 1.29 is 9.53 Å². The molecule has 1 aliphatic rings. The van der Waals surface area contributed by atoms with E-state index in [0.29, 0.717) is 22.9 Å². The lowest BCUT2D eigenvalue weighted by atomic mass is 9.85. The average molecular weight is 262 g/mol. The fourth-order valence-corrected chi connectivity index (χ4v) is 2.70. The summed E-state index contributed by atoms with van der Waals surface area (Å²) in [5.74, 6) is 0.342. The summed E-state index contributed by atoms with van der Waals surface area (Å²) in [6.07, 6.45) is 5.48. The molecule has 2 rings (SSSR count). The Balaban J connectivity index is 2.00. The average Bonchev–Trinajstić information content (AvgIpc) is 2.38. The predicted octanol–water partition coefficient (Wildman–Crippen LogP) is 2.98. The smallest absolute Gasteiger partial charge is 0.340 e. The van der Waals surface area contributed by atoms with Crippen LogP contribution in [-0.2, 0) is 4.74 Å². The number of carbonyl (C=O) groups is 1. The summed E-state index contributed by atoms with van der Waals surface area (Å²) in [6.45, 7) is 2.19. The molecule has 19 heavy (non-hydrogen) atoms. The predicted molar refractivity (Wildman–Crippen MR) is 76.7 cm³/mol. The number of benzene rings is 1. The molecule has 4 heteroatoms. The first-order chi connectivity index (χ1) is 9.10. The molecule has 1 saturated carbocycles. The fraction of sp³-hybridized carbons (Fsp3) is 0.533. The number of esters is 1. The van der Waals surface area contributed by atoms with Crippen LogP contribution in [0.3, 0.4) is 0 Å². The quantitative estimate of drug-likeness (QED) is 0.648. The SMILES string of the molecule is CCC1CCCC(OC(=O)c2ccc(N)cc2N)C1. The number of carbonyl (C=O) groups excluding carboxylic acids is 1. The summed E-state index contributed by atoms with van der Waals surface area (Å²) in [6, 6.07) is 4.89. The van der Waals surface area contributed by atoms with Crippen molar-refractivity contribution in [2.45, 2.75) is 45.1 Å². The first-order valence-corrected chi connectivity index (χ1v) is 6.96. The van der Waals surface area contributed by atoms with Crippen molar-refractivity contribution in [3.05, 3.63) is 23.8 Å². The molecule has 4 nitrogen and oxygen atoms in total. The van der Waals surface area contributed by atoms with Gasteiger partial charge in [0.25, 0.3) is 0 Å². The van der Waals surface area contributed by atoms with E-state index >= 15 is 0 Å². The van der Waals surface area contributed by atoms with Crippen LogP contribution in [0.25, 0.3) is 0 Å². The first kappa shape index (κ1) is 13.7. The molecule has 0 amide bonds. The Morgan fingerprint density at radius 2 is 2.16 bits per heavy atom. The van der Waals surface area contributed by atoms with Crippen LogP contribution in [0.1, 0.15) is 49.4 Å². The lowest BCUT2D eigenvalue weighted by molar-refractivity contribution is 0.0141. The van der Waals surface area contributed by atoms with Crippen molar-refractivity contribution in [1.82, 2.24) is 0 Å². The van der Waals surface area contributed by atoms with E-state index in [1.165, 1.54) is 6.42 Å². The van der Waals surface area contributed by atoms with Gasteiger partial charge in [0, 0.05) is 11.4 Å². The lowest BCUT2D eigenvalue weighted by Crippen LogP contribution is -2.25. The Bertz CT molecular complexity index is 459. The number of rotatable bonds is 3. The van der Waals surface area contributed by atoms with Crippen molar-refractivity contribution in [3.8, 4) is 0 Å². The molecular formula is C15H22N2O2. The van der Waals surface area contributed by atoms with Gasteiger partial charge in [0.15, 0.2) is 0 Å². The third-order valence-electron chi connectivity index (χ3n) is 3.88. The molecule has 0 heterocycles. The minimum Gasteiger partial charge on any atom is -0.459 e. The normalized spacial score (nSPS) is 23.0. The van der Waals surface area contributed by atoms with E-state index in [4.69, 9.17) is 16.2 Å². The van der Waals surface area contributed by atoms with Gasteiger partial charge < -0.3 is 16.2 Å². The Morgan fingerprint density at radius 1 is 1.37 bits per heavy atom. The molecule has 0 spiro atoms. The topological polar surface area (TPSA) is 78.3 Å². The molecule has 1 fully saturated rings. The summed E-state index contributed by atoms with van der Waals surface area (Å²) in [5.41, 5.74) is 12.8. The minimum atomic E-state index is -0.334. The van der Waals surface area contributed by atoms with Gasteiger partial charge in [-0.05, 0) is 43.4 Å². The van der Waals surface area contributed by atoms with Crippen molar-refractivity contribution in [3.63, 3.8) is 0 Å². The summed E-state index contributed by atoms with van der Waals surface area (Å²) in [5, 5.41) is 0. The highest BCUT2D eigenvalue weighted by molar-refractivity contribution is 5.95. The second-order valence-electron chi connectivity index (χ2n) is 5.31. The van der Waals surface area contributed by atoms with Crippen LogP contribution in [0.2, 0.25) is 0 Å². The molecule has 4 N–H and O–H groups in total. The zero-order valence-electron chi connectivity index (χ0n) is 11.4. The standard InChI is InChI=1S/C15H22N2O2/c1-2-10-4-3-5-12(8-10)19-15(18)13-7-6-11(16)9-14(13)17/h6-7,9-10,12H,2-5,8,16-17H2,1H3. The van der Waals surface area contributed by atoms with Crippen LogP contribution in [0.5, 0.6) is 0 Å². The maximum Gasteiger partial charge on any atom is 0.340 e. The van der Waals surface area contributed by atoms with Gasteiger partial charge in [-0.25, -0.2) is 4.79 Å². The summed E-state index contributed by atoms with van der Waals surface area (Å²) < 4.78 is 5.57. The van der Waals surface area contributed by atoms with Crippen LogP contribution in [0.15, 0.2) is 18.2 Å². The Kier molecular flexibility index (Phi) is 4.30. The molecule has 0 aromatic heterocycles. The van der Waals surface area contributed by atoms with Crippen molar-refractivity contribution in [2.24, 2.45) is 5.92 Å². The monoisotopic (exact) mass is 262 g/mol. The number of hydrogen-bond acceptors (Lipinski definition) is 4. The largest absolute Gasteiger partial charge is 0.459 e. The summed E-state index contributed by atoms with van der Waals surface area (Å²) in [4.78, 5) is 12.1. The molecule has 1 aromatic rings. The third kappa shape index (κ3) is 3.40. The van der Waals surface area contributed by atoms with Gasteiger partial charge in [-0.15, -0.1) is 0 Å². The van der Waals surface area contributed by atoms with Gasteiger partial charge in [0.1, 0.15) is 6.10 Å². The van der Waals surface area contributed by atoms with Crippen LogP contribution in [0, 0.1) is 5.92 Å². The second kappa shape index (κ2) is 5.95. The van der Waals surface area contributed by atoms with E-state index in [0.717, 1.165) is 25.7 Å². The van der Waals surface area contributed by atoms with Gasteiger partial charge in [-0.1, -0.05) is 19.8 Å². The minimum absolute atomic E-state index is 0.0307. The van der Waals surface area contributed by atoms with Crippen LogP contribution in [-0.4, -0.2) is 12.1 Å². The molecule has 1 aromatic carbocycles. The zero-order chi connectivity index (χ0) is 13.8. The van der Waals surface area contributed by atoms with Crippen LogP contribution >= 0.6 is 0 Å². The third-order valence-corrected chi connectivity index (χ3v) is 3.88. The molecule has 2 unspecified atom stereocenters. The summed E-state index contributed by atoms with van der Waals surface area (Å²) in [7, 11) is 0. The number of ether oxygens (including phenoxy) is 1. The Hall–Kier alpha value is -1.71. The maximum absolute atomic E-state index is 12.1. The van der Waals surface area contributed by atoms with Crippen molar-refractivity contribution >= 4 is 17.3 Å². The van der Waals surface area contributed by atoms with E-state index in [1.54, 1.807) is 18.2 Å². The van der Waals surface area contributed by atoms with E-state index in [1.807, 2.05) is 0 Å². The van der Waals surface area contributed by atoms with E-state index in [-0.39, 0.29) is 12.1 Å². The first-order valence-electron chi connectivity index (χ1n) is 6.96. The van der Waals surface area contributed by atoms with Crippen molar-refractivity contribution in [1.29, 1.82) is 0 Å². The van der Waals surface area contributed by atoms with E-state index in [2.05, 4.69) is 6.92 Å². The molecule has 0 radical (unpaired) electrons. The van der Waals surface area contributed by atoms with Gasteiger partial charge in [0.05, 0.1) is 5.56 Å². The summed E-state index contributed by atoms with van der Waals surface area (Å²) >= 11 is 0. The highest BCUT2D eigenvalue weighted by Crippen LogP contribution is 2.29.